The van der Waals surface area contributed by atoms with Gasteiger partial charge in [-0.25, -0.2) is 4.98 Å². The maximum atomic E-state index is 10.8. The lowest BCUT2D eigenvalue weighted by Crippen LogP contribution is -2.33. The van der Waals surface area contributed by atoms with E-state index in [-0.39, 0.29) is 18.5 Å². The van der Waals surface area contributed by atoms with Gasteiger partial charge in [-0.2, -0.15) is 0 Å². The van der Waals surface area contributed by atoms with Gasteiger partial charge in [-0.3, -0.25) is 9.69 Å². The summed E-state index contributed by atoms with van der Waals surface area (Å²) in [6.07, 6.45) is 4.13. The van der Waals surface area contributed by atoms with Gasteiger partial charge in [-0.15, -0.1) is 11.3 Å². The molecule has 88 valence electrons. The Hall–Kier alpha value is -0.940. The number of hydrogen-bond donors (Lipinski definition) is 1. The molecule has 2 atom stereocenters. The molecule has 1 aliphatic heterocycles. The highest BCUT2D eigenvalue weighted by molar-refractivity contribution is 7.09. The van der Waals surface area contributed by atoms with E-state index in [1.807, 2.05) is 5.38 Å². The zero-order valence-electron chi connectivity index (χ0n) is 9.30. The summed E-state index contributed by atoms with van der Waals surface area (Å²) in [5, 5.41) is 11.9. The number of rotatable bonds is 4. The van der Waals surface area contributed by atoms with Gasteiger partial charge >= 0.3 is 5.97 Å². The zero-order chi connectivity index (χ0) is 11.5. The summed E-state index contributed by atoms with van der Waals surface area (Å²) in [5.41, 5.74) is 0. The number of carboxylic acids is 1. The quantitative estimate of drug-likeness (QED) is 0.876. The average Bonchev–Trinajstić information content (AvgIpc) is 2.84. The first-order valence-electron chi connectivity index (χ1n) is 5.55. The predicted octanol–water partition coefficient (Wildman–Crippen LogP) is 2.14. The maximum absolute atomic E-state index is 10.8. The number of thiazole rings is 1. The van der Waals surface area contributed by atoms with Gasteiger partial charge in [0.1, 0.15) is 5.01 Å². The minimum absolute atomic E-state index is 0.177. The number of aliphatic carboxylic acids is 1. The van der Waals surface area contributed by atoms with E-state index >= 15 is 0 Å². The van der Waals surface area contributed by atoms with Gasteiger partial charge in [-0.1, -0.05) is 0 Å². The predicted molar refractivity (Wildman–Crippen MR) is 62.5 cm³/mol. The van der Waals surface area contributed by atoms with Gasteiger partial charge in [0.25, 0.3) is 0 Å². The second kappa shape index (κ2) is 4.93. The molecule has 1 N–H and O–H groups in total. The molecular weight excluding hydrogens is 224 g/mol. The fraction of sp³-hybridized carbons (Fsp3) is 0.636. The molecular formula is C11H16N2O2S. The first-order valence-corrected chi connectivity index (χ1v) is 6.43. The second-order valence-corrected chi connectivity index (χ2v) is 5.10. The van der Waals surface area contributed by atoms with Gasteiger partial charge in [-0.05, 0) is 26.3 Å². The highest BCUT2D eigenvalue weighted by Crippen LogP contribution is 2.31. The van der Waals surface area contributed by atoms with Crippen molar-refractivity contribution in [1.29, 1.82) is 0 Å². The summed E-state index contributed by atoms with van der Waals surface area (Å²) < 4.78 is 0. The molecule has 0 bridgehead atoms. The van der Waals surface area contributed by atoms with Crippen LogP contribution in [0.25, 0.3) is 0 Å². The Kier molecular flexibility index (Phi) is 3.56. The summed E-state index contributed by atoms with van der Waals surface area (Å²) in [5.74, 6) is -0.705. The first-order chi connectivity index (χ1) is 7.68. The third kappa shape index (κ3) is 2.41. The summed E-state index contributed by atoms with van der Waals surface area (Å²) in [6, 6.07) is 0.420. The zero-order valence-corrected chi connectivity index (χ0v) is 10.1. The molecule has 16 heavy (non-hydrogen) atoms. The average molecular weight is 240 g/mol. The molecule has 1 fully saturated rings. The van der Waals surface area contributed by atoms with Gasteiger partial charge < -0.3 is 5.11 Å². The SMILES string of the molecule is CC(c1nccs1)N1CCCC1CC(=O)O. The minimum atomic E-state index is -0.705. The molecule has 0 aromatic carbocycles. The van der Waals surface area contributed by atoms with E-state index in [1.54, 1.807) is 17.5 Å². The van der Waals surface area contributed by atoms with E-state index in [0.29, 0.717) is 0 Å². The van der Waals surface area contributed by atoms with Crippen molar-refractivity contribution >= 4 is 17.3 Å². The summed E-state index contributed by atoms with van der Waals surface area (Å²) in [7, 11) is 0. The third-order valence-electron chi connectivity index (χ3n) is 3.14. The van der Waals surface area contributed by atoms with E-state index in [4.69, 9.17) is 5.11 Å². The Morgan fingerprint density at radius 3 is 3.25 bits per heavy atom. The molecule has 0 saturated carbocycles. The molecule has 1 aromatic rings. The Bertz CT molecular complexity index is 353. The molecule has 4 nitrogen and oxygen atoms in total. The molecule has 1 aliphatic rings. The highest BCUT2D eigenvalue weighted by atomic mass is 32.1. The van der Waals surface area contributed by atoms with Crippen molar-refractivity contribution in [3.63, 3.8) is 0 Å². The lowest BCUT2D eigenvalue weighted by atomic mass is 10.1. The largest absolute Gasteiger partial charge is 0.481 e. The van der Waals surface area contributed by atoms with Crippen molar-refractivity contribution in [1.82, 2.24) is 9.88 Å². The van der Waals surface area contributed by atoms with Crippen molar-refractivity contribution < 1.29 is 9.90 Å². The van der Waals surface area contributed by atoms with Crippen LogP contribution in [0.3, 0.4) is 0 Å². The van der Waals surface area contributed by atoms with Crippen LogP contribution in [0.2, 0.25) is 0 Å². The minimum Gasteiger partial charge on any atom is -0.481 e. The Balaban J connectivity index is 2.05. The van der Waals surface area contributed by atoms with Gasteiger partial charge in [0.05, 0.1) is 12.5 Å². The fourth-order valence-electron chi connectivity index (χ4n) is 2.37. The molecule has 0 aliphatic carbocycles. The number of carbonyl (C=O) groups is 1. The monoisotopic (exact) mass is 240 g/mol. The van der Waals surface area contributed by atoms with E-state index in [0.717, 1.165) is 24.4 Å². The molecule has 0 amide bonds. The number of hydrogen-bond acceptors (Lipinski definition) is 4. The first kappa shape index (κ1) is 11.5. The van der Waals surface area contributed by atoms with Crippen LogP contribution in [-0.4, -0.2) is 33.5 Å². The standard InChI is InChI=1S/C11H16N2O2S/c1-8(11-12-4-6-16-11)13-5-2-3-9(13)7-10(14)15/h4,6,8-9H,2-3,5,7H2,1H3,(H,14,15). The topological polar surface area (TPSA) is 53.4 Å². The summed E-state index contributed by atoms with van der Waals surface area (Å²) in [6.45, 7) is 3.09. The van der Waals surface area contributed by atoms with Crippen LogP contribution in [0.1, 0.15) is 37.2 Å². The molecule has 2 heterocycles. The van der Waals surface area contributed by atoms with Crippen LogP contribution < -0.4 is 0 Å². The third-order valence-corrected chi connectivity index (χ3v) is 4.09. The van der Waals surface area contributed by atoms with Crippen molar-refractivity contribution in [3.05, 3.63) is 16.6 Å². The Labute approximate surface area is 98.9 Å². The molecule has 0 radical (unpaired) electrons. The lowest BCUT2D eigenvalue weighted by Gasteiger charge is -2.28. The van der Waals surface area contributed by atoms with Crippen LogP contribution in [0.4, 0.5) is 0 Å². The number of likely N-dealkylation sites (tertiary alicyclic amines) is 1. The molecule has 5 heteroatoms. The number of nitrogens with zero attached hydrogens (tertiary/aromatic N) is 2. The van der Waals surface area contributed by atoms with Crippen LogP contribution >= 0.6 is 11.3 Å². The van der Waals surface area contributed by atoms with Crippen molar-refractivity contribution in [2.75, 3.05) is 6.54 Å². The van der Waals surface area contributed by atoms with E-state index in [2.05, 4.69) is 16.8 Å². The molecule has 1 saturated heterocycles. The van der Waals surface area contributed by atoms with Gasteiger partial charge in [0.2, 0.25) is 0 Å². The smallest absolute Gasteiger partial charge is 0.304 e. The number of carboxylic acid groups (broad SMARTS) is 1. The molecule has 2 rings (SSSR count). The van der Waals surface area contributed by atoms with Crippen LogP contribution in [0.15, 0.2) is 11.6 Å². The van der Waals surface area contributed by atoms with Gasteiger partial charge in [0.15, 0.2) is 0 Å². The fourth-order valence-corrected chi connectivity index (χ4v) is 3.09. The van der Waals surface area contributed by atoms with Crippen molar-refractivity contribution in [3.8, 4) is 0 Å². The van der Waals surface area contributed by atoms with E-state index in [1.165, 1.54) is 0 Å². The molecule has 2 unspecified atom stereocenters. The molecule has 0 spiro atoms. The Morgan fingerprint density at radius 2 is 2.62 bits per heavy atom. The van der Waals surface area contributed by atoms with Crippen LogP contribution in [-0.2, 0) is 4.79 Å². The van der Waals surface area contributed by atoms with Crippen LogP contribution in [0.5, 0.6) is 0 Å². The van der Waals surface area contributed by atoms with Crippen LogP contribution in [0, 0.1) is 0 Å². The van der Waals surface area contributed by atoms with Gasteiger partial charge in [0, 0.05) is 17.6 Å². The van der Waals surface area contributed by atoms with E-state index < -0.39 is 5.97 Å². The second-order valence-electron chi connectivity index (χ2n) is 4.18. The molecule has 1 aromatic heterocycles. The lowest BCUT2D eigenvalue weighted by molar-refractivity contribution is -0.138. The summed E-state index contributed by atoms with van der Waals surface area (Å²) in [4.78, 5) is 17.3. The maximum Gasteiger partial charge on any atom is 0.304 e. The van der Waals surface area contributed by atoms with E-state index in [9.17, 15) is 4.79 Å². The normalized spacial score (nSPS) is 23.4. The number of aromatic nitrogens is 1. The highest BCUT2D eigenvalue weighted by Gasteiger charge is 2.31. The summed E-state index contributed by atoms with van der Waals surface area (Å²) >= 11 is 1.64. The van der Waals surface area contributed by atoms with Crippen molar-refractivity contribution in [2.45, 2.75) is 38.3 Å². The Morgan fingerprint density at radius 1 is 1.81 bits per heavy atom. The van der Waals surface area contributed by atoms with Crippen molar-refractivity contribution in [2.24, 2.45) is 0 Å².